The van der Waals surface area contributed by atoms with Gasteiger partial charge in [0.15, 0.2) is 4.77 Å². The van der Waals surface area contributed by atoms with E-state index < -0.39 is 0 Å². The zero-order valence-corrected chi connectivity index (χ0v) is 12.1. The second kappa shape index (κ2) is 4.83. The molecule has 3 aromatic rings. The number of nitrogens with zero attached hydrogens (tertiary/aromatic N) is 1. The molecule has 0 saturated carbocycles. The van der Waals surface area contributed by atoms with E-state index in [1.807, 2.05) is 22.8 Å². The molecule has 2 nitrogen and oxygen atoms in total. The minimum atomic E-state index is 0.660. The lowest BCUT2D eigenvalue weighted by Gasteiger charge is -2.06. The van der Waals surface area contributed by atoms with Crippen LogP contribution in [0.5, 0.6) is 0 Å². The number of aromatic amines is 1. The molecule has 19 heavy (non-hydrogen) atoms. The van der Waals surface area contributed by atoms with Crippen LogP contribution in [-0.4, -0.2) is 9.55 Å². The lowest BCUT2D eigenvalue weighted by atomic mass is 10.1. The number of nitrogens with one attached hydrogen (secondary N) is 1. The van der Waals surface area contributed by atoms with Gasteiger partial charge in [0.2, 0.25) is 0 Å². The van der Waals surface area contributed by atoms with E-state index in [1.54, 1.807) is 0 Å². The Balaban J connectivity index is 2.29. The lowest BCUT2D eigenvalue weighted by Crippen LogP contribution is -1.94. The first-order valence-corrected chi connectivity index (χ1v) is 6.98. The number of aryl methyl sites for hydroxylation is 1. The maximum Gasteiger partial charge on any atom is 0.182 e. The quantitative estimate of drug-likeness (QED) is 0.665. The van der Waals surface area contributed by atoms with Crippen LogP contribution in [0.15, 0.2) is 42.5 Å². The summed E-state index contributed by atoms with van der Waals surface area (Å²) < 4.78 is 2.64. The van der Waals surface area contributed by atoms with Gasteiger partial charge in [-0.25, -0.2) is 0 Å². The molecule has 0 radical (unpaired) electrons. The molecule has 1 heterocycles. The highest BCUT2D eigenvalue weighted by atomic mass is 35.5. The van der Waals surface area contributed by atoms with Gasteiger partial charge in [0, 0.05) is 5.69 Å². The molecule has 0 saturated heterocycles. The largest absolute Gasteiger partial charge is 0.330 e. The van der Waals surface area contributed by atoms with Crippen molar-refractivity contribution >= 4 is 34.9 Å². The third-order valence-electron chi connectivity index (χ3n) is 3.26. The van der Waals surface area contributed by atoms with E-state index in [-0.39, 0.29) is 0 Å². The van der Waals surface area contributed by atoms with Crippen LogP contribution in [0.2, 0.25) is 5.02 Å². The van der Waals surface area contributed by atoms with Gasteiger partial charge in [-0.2, -0.15) is 0 Å². The number of H-pyrrole nitrogens is 1. The summed E-state index contributed by atoms with van der Waals surface area (Å²) in [5, 5.41) is 0.699. The van der Waals surface area contributed by atoms with Gasteiger partial charge in [0.25, 0.3) is 0 Å². The number of para-hydroxylation sites is 1. The first-order valence-electron chi connectivity index (χ1n) is 6.19. The summed E-state index contributed by atoms with van der Waals surface area (Å²) >= 11 is 11.7. The van der Waals surface area contributed by atoms with Crippen molar-refractivity contribution < 1.29 is 0 Å². The number of imidazole rings is 1. The maximum absolute atomic E-state index is 6.30. The van der Waals surface area contributed by atoms with Crippen molar-refractivity contribution in [3.63, 3.8) is 0 Å². The smallest absolute Gasteiger partial charge is 0.182 e. The minimum absolute atomic E-state index is 0.660. The van der Waals surface area contributed by atoms with Crippen LogP contribution >= 0.6 is 23.8 Å². The first kappa shape index (κ1) is 12.5. The average Bonchev–Trinajstić information content (AvgIpc) is 2.76. The van der Waals surface area contributed by atoms with Crippen LogP contribution in [0, 0.1) is 4.77 Å². The molecule has 0 bridgehead atoms. The average molecular weight is 289 g/mol. The molecule has 2 aromatic carbocycles. The zero-order chi connectivity index (χ0) is 13.4. The van der Waals surface area contributed by atoms with E-state index in [0.29, 0.717) is 9.79 Å². The Hall–Kier alpha value is -1.58. The topological polar surface area (TPSA) is 20.7 Å². The highest BCUT2D eigenvalue weighted by molar-refractivity contribution is 7.71. The molecule has 0 atom stereocenters. The molecule has 0 aliphatic carbocycles. The van der Waals surface area contributed by atoms with Gasteiger partial charge in [-0.3, -0.25) is 4.57 Å². The fraction of sp³-hybridized carbons (Fsp3) is 0.133. The third-order valence-corrected chi connectivity index (χ3v) is 3.85. The van der Waals surface area contributed by atoms with E-state index >= 15 is 0 Å². The SMILES string of the molecule is CCc1ccc(-n2c(=S)[nH]c3cccc(Cl)c32)cc1. The molecule has 1 N–H and O–H groups in total. The normalized spacial score (nSPS) is 11.1. The van der Waals surface area contributed by atoms with E-state index in [4.69, 9.17) is 23.8 Å². The minimum Gasteiger partial charge on any atom is -0.330 e. The Labute approximate surface area is 121 Å². The number of hydrogen-bond acceptors (Lipinski definition) is 1. The van der Waals surface area contributed by atoms with Gasteiger partial charge in [-0.05, 0) is 48.5 Å². The molecule has 0 unspecified atom stereocenters. The monoisotopic (exact) mass is 288 g/mol. The van der Waals surface area contributed by atoms with Gasteiger partial charge >= 0.3 is 0 Å². The van der Waals surface area contributed by atoms with Gasteiger partial charge < -0.3 is 4.98 Å². The summed E-state index contributed by atoms with van der Waals surface area (Å²) in [4.78, 5) is 3.19. The van der Waals surface area contributed by atoms with E-state index in [0.717, 1.165) is 23.1 Å². The van der Waals surface area contributed by atoms with Crippen molar-refractivity contribution in [1.29, 1.82) is 0 Å². The molecule has 1 aromatic heterocycles. The van der Waals surface area contributed by atoms with Crippen molar-refractivity contribution in [1.82, 2.24) is 9.55 Å². The van der Waals surface area contributed by atoms with E-state index in [1.165, 1.54) is 5.56 Å². The zero-order valence-electron chi connectivity index (χ0n) is 10.5. The Morgan fingerprint density at radius 1 is 1.16 bits per heavy atom. The molecule has 3 rings (SSSR count). The van der Waals surface area contributed by atoms with Crippen LogP contribution in [0.25, 0.3) is 16.7 Å². The Morgan fingerprint density at radius 2 is 1.89 bits per heavy atom. The number of aromatic nitrogens is 2. The molecule has 0 aliphatic rings. The predicted octanol–water partition coefficient (Wildman–Crippen LogP) is 4.90. The van der Waals surface area contributed by atoms with Crippen LogP contribution < -0.4 is 0 Å². The predicted molar refractivity (Wildman–Crippen MR) is 82.8 cm³/mol. The van der Waals surface area contributed by atoms with Gasteiger partial charge in [-0.15, -0.1) is 0 Å². The number of halogens is 1. The molecule has 0 amide bonds. The van der Waals surface area contributed by atoms with Crippen LogP contribution in [0.3, 0.4) is 0 Å². The van der Waals surface area contributed by atoms with Crippen LogP contribution in [0.1, 0.15) is 12.5 Å². The van der Waals surface area contributed by atoms with Crippen molar-refractivity contribution in [2.24, 2.45) is 0 Å². The molecule has 4 heteroatoms. The van der Waals surface area contributed by atoms with E-state index in [2.05, 4.69) is 36.2 Å². The number of rotatable bonds is 2. The summed E-state index contributed by atoms with van der Waals surface area (Å²) in [7, 11) is 0. The van der Waals surface area contributed by atoms with Gasteiger partial charge in [-0.1, -0.05) is 36.7 Å². The summed E-state index contributed by atoms with van der Waals surface area (Å²) in [6, 6.07) is 14.2. The highest BCUT2D eigenvalue weighted by Crippen LogP contribution is 2.26. The van der Waals surface area contributed by atoms with Gasteiger partial charge in [0.1, 0.15) is 0 Å². The second-order valence-electron chi connectivity index (χ2n) is 4.42. The highest BCUT2D eigenvalue weighted by Gasteiger charge is 2.09. The molecule has 96 valence electrons. The number of hydrogen-bond donors (Lipinski definition) is 1. The van der Waals surface area contributed by atoms with Crippen molar-refractivity contribution in [2.45, 2.75) is 13.3 Å². The molecular weight excluding hydrogens is 276 g/mol. The Kier molecular flexibility index (Phi) is 3.17. The van der Waals surface area contributed by atoms with Crippen LogP contribution in [0.4, 0.5) is 0 Å². The fourth-order valence-electron chi connectivity index (χ4n) is 2.24. The second-order valence-corrected chi connectivity index (χ2v) is 5.22. The lowest BCUT2D eigenvalue weighted by molar-refractivity contribution is 1.05. The van der Waals surface area contributed by atoms with Crippen molar-refractivity contribution in [2.75, 3.05) is 0 Å². The standard InChI is InChI=1S/C15H13ClN2S/c1-2-10-6-8-11(9-7-10)18-14-12(16)4-3-5-13(14)17-15(18)19/h3-9H,2H2,1H3,(H,17,19). The maximum atomic E-state index is 6.30. The summed E-state index contributed by atoms with van der Waals surface area (Å²) in [5.74, 6) is 0. The van der Waals surface area contributed by atoms with Crippen molar-refractivity contribution in [3.05, 3.63) is 57.8 Å². The number of benzene rings is 2. The number of fused-ring (bicyclic) bond motifs is 1. The molecule has 0 fully saturated rings. The summed E-state index contributed by atoms with van der Waals surface area (Å²) in [5.41, 5.74) is 4.22. The third kappa shape index (κ3) is 2.09. The van der Waals surface area contributed by atoms with Crippen molar-refractivity contribution in [3.8, 4) is 5.69 Å². The Morgan fingerprint density at radius 3 is 2.58 bits per heavy atom. The molecular formula is C15H13ClN2S. The fourth-order valence-corrected chi connectivity index (χ4v) is 2.81. The summed E-state index contributed by atoms with van der Waals surface area (Å²) in [6.07, 6.45) is 1.03. The summed E-state index contributed by atoms with van der Waals surface area (Å²) in [6.45, 7) is 2.14. The Bertz CT molecular complexity index is 784. The first-order chi connectivity index (χ1) is 9.20. The van der Waals surface area contributed by atoms with Gasteiger partial charge in [0.05, 0.1) is 16.1 Å². The van der Waals surface area contributed by atoms with E-state index in [9.17, 15) is 0 Å². The van der Waals surface area contributed by atoms with Crippen LogP contribution in [-0.2, 0) is 6.42 Å². The molecule has 0 spiro atoms. The molecule has 0 aliphatic heterocycles.